The van der Waals surface area contributed by atoms with Crippen LogP contribution in [0, 0.1) is 0 Å². The van der Waals surface area contributed by atoms with Crippen LogP contribution in [-0.2, 0) is 20.0 Å². The molecule has 2 rings (SSSR count). The van der Waals surface area contributed by atoms with Gasteiger partial charge in [0, 0.05) is 44.6 Å². The van der Waals surface area contributed by atoms with Crippen LogP contribution in [-0.4, -0.2) is 36.1 Å². The molecule has 0 saturated heterocycles. The summed E-state index contributed by atoms with van der Waals surface area (Å²) in [5.74, 6) is 0.898. The maximum atomic E-state index is 5.90. The first kappa shape index (κ1) is 19.8. The standard InChI is InChI=1S/C17H23ClN4.HI/c1-19-17(22(3)13-16-5-4-12-21(16)2)20-11-10-14-6-8-15(18)9-7-14;/h4-9,12H,10-11,13H2,1-3H3,(H,19,20);1H. The van der Waals surface area contributed by atoms with Crippen molar-refractivity contribution in [2.24, 2.45) is 12.0 Å². The molecule has 0 aliphatic carbocycles. The summed E-state index contributed by atoms with van der Waals surface area (Å²) in [5.41, 5.74) is 2.51. The minimum absolute atomic E-state index is 0. The third kappa shape index (κ3) is 6.06. The van der Waals surface area contributed by atoms with E-state index in [1.807, 2.05) is 26.2 Å². The number of rotatable bonds is 5. The highest BCUT2D eigenvalue weighted by Crippen LogP contribution is 2.09. The molecule has 0 spiro atoms. The summed E-state index contributed by atoms with van der Waals surface area (Å²) in [6.07, 6.45) is 2.99. The Morgan fingerprint density at radius 3 is 2.52 bits per heavy atom. The Balaban J connectivity index is 0.00000264. The predicted octanol–water partition coefficient (Wildman–Crippen LogP) is 3.55. The molecule has 126 valence electrons. The van der Waals surface area contributed by atoms with Crippen LogP contribution in [0.15, 0.2) is 47.6 Å². The Labute approximate surface area is 160 Å². The first-order valence-corrected chi connectivity index (χ1v) is 7.74. The largest absolute Gasteiger partial charge is 0.356 e. The molecule has 0 saturated carbocycles. The molecular formula is C17H24ClIN4. The zero-order valence-corrected chi connectivity index (χ0v) is 16.9. The van der Waals surface area contributed by atoms with Gasteiger partial charge in [-0.25, -0.2) is 0 Å². The minimum Gasteiger partial charge on any atom is -0.356 e. The molecule has 0 unspecified atom stereocenters. The highest BCUT2D eigenvalue weighted by atomic mass is 127. The first-order valence-electron chi connectivity index (χ1n) is 7.36. The number of hydrogen-bond acceptors (Lipinski definition) is 1. The van der Waals surface area contributed by atoms with Gasteiger partial charge in [0.1, 0.15) is 0 Å². The van der Waals surface area contributed by atoms with E-state index in [0.717, 1.165) is 30.5 Å². The van der Waals surface area contributed by atoms with E-state index in [4.69, 9.17) is 11.6 Å². The normalized spacial score (nSPS) is 11.0. The fourth-order valence-electron chi connectivity index (χ4n) is 2.33. The number of aliphatic imine (C=N–C) groups is 1. The van der Waals surface area contributed by atoms with Crippen LogP contribution in [0.4, 0.5) is 0 Å². The highest BCUT2D eigenvalue weighted by molar-refractivity contribution is 14.0. The summed E-state index contributed by atoms with van der Waals surface area (Å²) in [6, 6.07) is 12.1. The molecule has 0 aliphatic heterocycles. The molecule has 1 heterocycles. The molecule has 1 N–H and O–H groups in total. The Morgan fingerprint density at radius 2 is 1.96 bits per heavy atom. The third-order valence-electron chi connectivity index (χ3n) is 3.63. The summed E-state index contributed by atoms with van der Waals surface area (Å²) >= 11 is 5.90. The second-order valence-corrected chi connectivity index (χ2v) is 5.75. The van der Waals surface area contributed by atoms with E-state index in [9.17, 15) is 0 Å². The van der Waals surface area contributed by atoms with Crippen LogP contribution in [0.5, 0.6) is 0 Å². The lowest BCUT2D eigenvalue weighted by molar-refractivity contribution is 0.462. The number of aromatic nitrogens is 1. The van der Waals surface area contributed by atoms with Gasteiger partial charge >= 0.3 is 0 Å². The van der Waals surface area contributed by atoms with Gasteiger partial charge in [0.15, 0.2) is 5.96 Å². The van der Waals surface area contributed by atoms with Gasteiger partial charge in [-0.3, -0.25) is 4.99 Å². The maximum Gasteiger partial charge on any atom is 0.193 e. The summed E-state index contributed by atoms with van der Waals surface area (Å²) < 4.78 is 2.12. The van der Waals surface area contributed by atoms with Crippen molar-refractivity contribution in [2.75, 3.05) is 20.6 Å². The molecule has 0 aliphatic rings. The number of halogens is 2. The average molecular weight is 447 g/mol. The van der Waals surface area contributed by atoms with Crippen LogP contribution >= 0.6 is 35.6 Å². The zero-order valence-electron chi connectivity index (χ0n) is 13.8. The third-order valence-corrected chi connectivity index (χ3v) is 3.89. The fraction of sp³-hybridized carbons (Fsp3) is 0.353. The summed E-state index contributed by atoms with van der Waals surface area (Å²) in [4.78, 5) is 6.47. The van der Waals surface area contributed by atoms with Crippen molar-refractivity contribution < 1.29 is 0 Å². The second-order valence-electron chi connectivity index (χ2n) is 5.32. The minimum atomic E-state index is 0. The van der Waals surface area contributed by atoms with Gasteiger partial charge in [-0.05, 0) is 36.2 Å². The average Bonchev–Trinajstić information content (AvgIpc) is 2.90. The number of guanidine groups is 1. The topological polar surface area (TPSA) is 32.6 Å². The molecule has 6 heteroatoms. The smallest absolute Gasteiger partial charge is 0.193 e. The van der Waals surface area contributed by atoms with Gasteiger partial charge in [0.2, 0.25) is 0 Å². The molecule has 0 radical (unpaired) electrons. The number of hydrogen-bond donors (Lipinski definition) is 1. The molecule has 0 fully saturated rings. The SMILES string of the molecule is CN=C(NCCc1ccc(Cl)cc1)N(C)Cc1cccn1C.I. The molecule has 0 bridgehead atoms. The van der Waals surface area contributed by atoms with E-state index in [1.165, 1.54) is 11.3 Å². The van der Waals surface area contributed by atoms with Gasteiger partial charge in [-0.15, -0.1) is 24.0 Å². The zero-order chi connectivity index (χ0) is 15.9. The lowest BCUT2D eigenvalue weighted by Gasteiger charge is -2.22. The molecule has 0 atom stereocenters. The molecule has 1 aromatic heterocycles. The van der Waals surface area contributed by atoms with Gasteiger partial charge in [-0.2, -0.15) is 0 Å². The predicted molar refractivity (Wildman–Crippen MR) is 109 cm³/mol. The summed E-state index contributed by atoms with van der Waals surface area (Å²) in [7, 11) is 5.91. The van der Waals surface area contributed by atoms with Crippen LogP contribution in [0.3, 0.4) is 0 Å². The first-order chi connectivity index (χ1) is 10.6. The van der Waals surface area contributed by atoms with Gasteiger partial charge in [0.05, 0.1) is 6.54 Å². The Hall–Kier alpha value is -1.21. The summed E-state index contributed by atoms with van der Waals surface area (Å²) in [5, 5.41) is 4.17. The maximum absolute atomic E-state index is 5.90. The van der Waals surface area contributed by atoms with E-state index in [2.05, 4.69) is 57.3 Å². The Bertz CT molecular complexity index is 622. The number of nitrogens with one attached hydrogen (secondary N) is 1. The van der Waals surface area contributed by atoms with Crippen molar-refractivity contribution in [3.8, 4) is 0 Å². The quantitative estimate of drug-likeness (QED) is 0.433. The lowest BCUT2D eigenvalue weighted by atomic mass is 10.1. The van der Waals surface area contributed by atoms with Crippen molar-refractivity contribution >= 4 is 41.5 Å². The van der Waals surface area contributed by atoms with Crippen LogP contribution in [0.2, 0.25) is 5.02 Å². The second kappa shape index (κ2) is 9.82. The van der Waals surface area contributed by atoms with Crippen molar-refractivity contribution in [1.29, 1.82) is 0 Å². The van der Waals surface area contributed by atoms with Crippen molar-refractivity contribution in [2.45, 2.75) is 13.0 Å². The number of benzene rings is 1. The van der Waals surface area contributed by atoms with Gasteiger partial charge < -0.3 is 14.8 Å². The number of nitrogens with zero attached hydrogens (tertiary/aromatic N) is 3. The summed E-state index contributed by atoms with van der Waals surface area (Å²) in [6.45, 7) is 1.66. The van der Waals surface area contributed by atoms with E-state index < -0.39 is 0 Å². The van der Waals surface area contributed by atoms with Crippen molar-refractivity contribution in [3.63, 3.8) is 0 Å². The van der Waals surface area contributed by atoms with Crippen LogP contribution < -0.4 is 5.32 Å². The van der Waals surface area contributed by atoms with E-state index in [-0.39, 0.29) is 24.0 Å². The van der Waals surface area contributed by atoms with E-state index in [1.54, 1.807) is 0 Å². The van der Waals surface area contributed by atoms with E-state index >= 15 is 0 Å². The highest BCUT2D eigenvalue weighted by Gasteiger charge is 2.07. The molecule has 1 aromatic carbocycles. The molecule has 0 amide bonds. The Morgan fingerprint density at radius 1 is 1.26 bits per heavy atom. The van der Waals surface area contributed by atoms with Crippen molar-refractivity contribution in [1.82, 2.24) is 14.8 Å². The Kier molecular flexibility index (Phi) is 8.47. The monoisotopic (exact) mass is 446 g/mol. The fourth-order valence-corrected chi connectivity index (χ4v) is 2.46. The molecule has 4 nitrogen and oxygen atoms in total. The molecular weight excluding hydrogens is 423 g/mol. The van der Waals surface area contributed by atoms with Gasteiger partial charge in [0.25, 0.3) is 0 Å². The van der Waals surface area contributed by atoms with Crippen LogP contribution in [0.25, 0.3) is 0 Å². The van der Waals surface area contributed by atoms with Crippen LogP contribution in [0.1, 0.15) is 11.3 Å². The molecule has 2 aromatic rings. The number of aryl methyl sites for hydroxylation is 1. The van der Waals surface area contributed by atoms with E-state index in [0.29, 0.717) is 0 Å². The molecule has 23 heavy (non-hydrogen) atoms. The van der Waals surface area contributed by atoms with Crippen molar-refractivity contribution in [3.05, 3.63) is 58.9 Å². The van der Waals surface area contributed by atoms with Gasteiger partial charge in [-0.1, -0.05) is 23.7 Å². The lowest BCUT2D eigenvalue weighted by Crippen LogP contribution is -2.39.